The number of halogens is 4. The Morgan fingerprint density at radius 2 is 0.897 bits per heavy atom. The van der Waals surface area contributed by atoms with Gasteiger partial charge in [-0.1, -0.05) is 71.8 Å². The molecule has 6 rings (SSSR count). The fourth-order valence-corrected chi connectivity index (χ4v) is 5.35. The number of benzene rings is 4. The van der Waals surface area contributed by atoms with Gasteiger partial charge in [-0.15, -0.1) is 35.4 Å². The summed E-state index contributed by atoms with van der Waals surface area (Å²) in [6.07, 6.45) is 16.2. The molecule has 8 heteroatoms. The van der Waals surface area contributed by atoms with Gasteiger partial charge in [-0.2, -0.15) is 0 Å². The van der Waals surface area contributed by atoms with Crippen LogP contribution >= 0.6 is 17.1 Å². The van der Waals surface area contributed by atoms with Crippen molar-refractivity contribution in [2.75, 3.05) is 5.90 Å². The molecule has 0 spiro atoms. The van der Waals surface area contributed by atoms with E-state index in [4.69, 9.17) is 12.8 Å². The smallest absolute Gasteiger partial charge is 0.366 e. The van der Waals surface area contributed by atoms with Crippen LogP contribution in [0.1, 0.15) is 33.4 Å². The van der Waals surface area contributed by atoms with Crippen LogP contribution in [0.4, 0.5) is 16.8 Å². The number of hydrogen-bond donors (Lipinski definition) is 0. The SMILES string of the molecule is F[PH+](F)C[PH+](F)F.[Au+].[Au+].[C-]#Cc1ccc2c(c1)Cc1ccccc1-2.[C-]#Cc1ccc2c(c1)Cc1ccccc1-2. The number of rotatable bonds is 2. The summed E-state index contributed by atoms with van der Waals surface area (Å²) in [6.45, 7) is 0. The molecule has 4 aromatic rings. The first-order valence-corrected chi connectivity index (χ1v) is 14.4. The molecule has 2 aliphatic carbocycles. The summed E-state index contributed by atoms with van der Waals surface area (Å²) in [5.74, 6) is 3.77. The number of fused-ring (bicyclic) bond motifs is 6. The fourth-order valence-electron chi connectivity index (χ4n) is 4.55. The zero-order valence-corrected chi connectivity index (χ0v) is 26.7. The first kappa shape index (κ1) is 33.3. The molecule has 2 aliphatic rings. The van der Waals surface area contributed by atoms with Gasteiger partial charge in [-0.25, -0.2) is 0 Å². The van der Waals surface area contributed by atoms with Gasteiger partial charge in [0, 0.05) is 0 Å². The van der Waals surface area contributed by atoms with Gasteiger partial charge in [0.15, 0.2) is 0 Å². The summed E-state index contributed by atoms with van der Waals surface area (Å²) < 4.78 is 43.7. The van der Waals surface area contributed by atoms with Gasteiger partial charge in [0.2, 0.25) is 0 Å². The van der Waals surface area contributed by atoms with Crippen molar-refractivity contribution in [3.8, 4) is 34.1 Å². The van der Waals surface area contributed by atoms with Crippen LogP contribution in [-0.4, -0.2) is 5.90 Å². The van der Waals surface area contributed by atoms with E-state index in [2.05, 4.69) is 84.6 Å². The molecule has 39 heavy (non-hydrogen) atoms. The van der Waals surface area contributed by atoms with Gasteiger partial charge < -0.3 is 12.8 Å². The minimum atomic E-state index is -3.64. The van der Waals surface area contributed by atoms with Crippen LogP contribution in [0.3, 0.4) is 0 Å². The Balaban J connectivity index is 0.000000214. The molecule has 0 aliphatic heterocycles. The number of hydrogen-bond acceptors (Lipinski definition) is 0. The molecule has 0 saturated heterocycles. The van der Waals surface area contributed by atoms with Crippen molar-refractivity contribution in [1.29, 1.82) is 0 Å². The Labute approximate surface area is 261 Å². The minimum Gasteiger partial charge on any atom is -0.366 e. The molecule has 0 nitrogen and oxygen atoms in total. The van der Waals surface area contributed by atoms with E-state index in [1.165, 1.54) is 44.5 Å². The molecule has 0 radical (unpaired) electrons. The molecule has 204 valence electrons. The Morgan fingerprint density at radius 3 is 1.23 bits per heavy atom. The summed E-state index contributed by atoms with van der Waals surface area (Å²) in [4.78, 5) is 0. The normalized spacial score (nSPS) is 11.0. The third-order valence-electron chi connectivity index (χ3n) is 6.14. The van der Waals surface area contributed by atoms with Gasteiger partial charge in [0.05, 0.1) is 0 Å². The molecule has 0 bridgehead atoms. The monoisotopic (exact) mass is 926 g/mol. The van der Waals surface area contributed by atoms with Crippen LogP contribution in [0, 0.1) is 24.7 Å². The van der Waals surface area contributed by atoms with Crippen molar-refractivity contribution in [1.82, 2.24) is 0 Å². The fraction of sp³-hybridized carbons (Fsp3) is 0.0968. The van der Waals surface area contributed by atoms with Crippen LogP contribution in [0.5, 0.6) is 0 Å². The summed E-state index contributed by atoms with van der Waals surface area (Å²) in [6, 6.07) is 29.2. The topological polar surface area (TPSA) is 0 Å². The Morgan fingerprint density at radius 1 is 0.538 bits per heavy atom. The van der Waals surface area contributed by atoms with E-state index < -0.39 is 23.0 Å². The summed E-state index contributed by atoms with van der Waals surface area (Å²) >= 11 is 0. The van der Waals surface area contributed by atoms with Crippen LogP contribution in [0.25, 0.3) is 22.3 Å². The van der Waals surface area contributed by atoms with Crippen LogP contribution < -0.4 is 0 Å². The van der Waals surface area contributed by atoms with Crippen molar-refractivity contribution < 1.29 is 61.5 Å². The molecule has 4 aromatic carbocycles. The molecular formula is C31H22Au2F4P2+2. The summed E-state index contributed by atoms with van der Waals surface area (Å²) in [7, 11) is -7.28. The van der Waals surface area contributed by atoms with E-state index in [-0.39, 0.29) is 44.8 Å². The van der Waals surface area contributed by atoms with Gasteiger partial charge in [0.25, 0.3) is 5.90 Å². The largest absolute Gasteiger partial charge is 1.00 e. The van der Waals surface area contributed by atoms with Crippen LogP contribution in [-0.2, 0) is 57.6 Å². The second kappa shape index (κ2) is 15.7. The molecule has 0 N–H and O–H groups in total. The van der Waals surface area contributed by atoms with E-state index in [1.54, 1.807) is 0 Å². The maximum Gasteiger partial charge on any atom is 1.00 e. The van der Waals surface area contributed by atoms with Crippen molar-refractivity contribution in [2.45, 2.75) is 12.8 Å². The average Bonchev–Trinajstić information content (AvgIpc) is 3.45. The van der Waals surface area contributed by atoms with Gasteiger partial charge in [0.1, 0.15) is 0 Å². The van der Waals surface area contributed by atoms with Crippen molar-refractivity contribution in [2.24, 2.45) is 0 Å². The van der Waals surface area contributed by atoms with Gasteiger partial charge in [-0.3, -0.25) is 11.8 Å². The van der Waals surface area contributed by atoms with Crippen molar-refractivity contribution in [3.63, 3.8) is 0 Å². The third-order valence-corrected chi connectivity index (χ3v) is 8.28. The van der Waals surface area contributed by atoms with Crippen LogP contribution in [0.15, 0.2) is 84.9 Å². The van der Waals surface area contributed by atoms with E-state index in [9.17, 15) is 16.8 Å². The van der Waals surface area contributed by atoms with E-state index >= 15 is 0 Å². The van der Waals surface area contributed by atoms with Crippen molar-refractivity contribution >= 4 is 17.1 Å². The first-order valence-electron chi connectivity index (χ1n) is 11.5. The maximum absolute atomic E-state index is 10.9. The van der Waals surface area contributed by atoms with Gasteiger partial charge in [-0.05, 0) is 63.0 Å². The average molecular weight is 926 g/mol. The molecule has 0 unspecified atom stereocenters. The zero-order chi connectivity index (χ0) is 26.4. The molecule has 0 saturated carbocycles. The molecule has 0 fully saturated rings. The third kappa shape index (κ3) is 8.52. The Kier molecular flexibility index (Phi) is 13.4. The molecule has 0 amide bonds. The first-order chi connectivity index (χ1) is 17.9. The molecule has 0 heterocycles. The molecular weight excluding hydrogens is 904 g/mol. The van der Waals surface area contributed by atoms with Gasteiger partial charge >= 0.3 is 61.8 Å². The minimum absolute atomic E-state index is 0. The predicted octanol–water partition coefficient (Wildman–Crippen LogP) is 9.30. The maximum atomic E-state index is 10.9. The van der Waals surface area contributed by atoms with Crippen molar-refractivity contribution in [3.05, 3.63) is 131 Å². The van der Waals surface area contributed by atoms with E-state index in [0.29, 0.717) is 0 Å². The molecule has 0 atom stereocenters. The summed E-state index contributed by atoms with van der Waals surface area (Å²) in [5, 5.41) is 0. The zero-order valence-electron chi connectivity index (χ0n) is 20.3. The standard InChI is InChI=1S/2C15H9.CH2F4P2.2Au/c2*1-2-11-7-8-15-13(9-11)10-12-5-3-4-6-14(12)15;2-6(3)1-7(4)5;;/h2*3-9H,10H2;1H2;;/q2*-1;;2*+1/p+2. The molecule has 0 aromatic heterocycles. The van der Waals surface area contributed by atoms with E-state index in [1.807, 2.05) is 12.1 Å². The second-order valence-electron chi connectivity index (χ2n) is 8.52. The Hall–Kier alpha value is -1.94. The quantitative estimate of drug-likeness (QED) is 0.0535. The van der Waals surface area contributed by atoms with Crippen LogP contribution in [0.2, 0.25) is 0 Å². The Bertz CT molecular complexity index is 1390. The second-order valence-corrected chi connectivity index (χ2v) is 11.3. The summed E-state index contributed by atoms with van der Waals surface area (Å²) in [5.41, 5.74) is 12.4. The van der Waals surface area contributed by atoms with E-state index in [0.717, 1.165) is 24.0 Å². The predicted molar refractivity (Wildman–Crippen MR) is 148 cm³/mol.